The van der Waals surface area contributed by atoms with Crippen LogP contribution in [0, 0.1) is 0 Å². The SMILES string of the molecule is CCNC(=NCCc1cnn(C)c1)N1CCC(OCC2CCCCO2)CC1. The first-order valence-corrected chi connectivity index (χ1v) is 10.5. The Bertz CT molecular complexity index is 575. The minimum Gasteiger partial charge on any atom is -0.376 e. The standard InChI is InChI=1S/C20H35N5O2/c1-3-21-20(22-10-7-17-14-23-24(2)15-17)25-11-8-18(9-12-25)27-16-19-6-4-5-13-26-19/h14-15,18-19H,3-13,16H2,1-2H3,(H,21,22). The van der Waals surface area contributed by atoms with Crippen molar-refractivity contribution in [1.82, 2.24) is 20.0 Å². The molecule has 1 aromatic rings. The van der Waals surface area contributed by atoms with Gasteiger partial charge in [-0.2, -0.15) is 5.10 Å². The van der Waals surface area contributed by atoms with Gasteiger partial charge >= 0.3 is 0 Å². The highest BCUT2D eigenvalue weighted by Gasteiger charge is 2.23. The van der Waals surface area contributed by atoms with Gasteiger partial charge in [-0.05, 0) is 51.0 Å². The van der Waals surface area contributed by atoms with E-state index in [0.717, 1.165) is 71.0 Å². The molecule has 3 rings (SSSR count). The third kappa shape index (κ3) is 6.50. The fourth-order valence-electron chi connectivity index (χ4n) is 3.73. The van der Waals surface area contributed by atoms with Crippen molar-refractivity contribution < 1.29 is 9.47 Å². The minimum absolute atomic E-state index is 0.308. The van der Waals surface area contributed by atoms with Crippen LogP contribution in [0.5, 0.6) is 0 Å². The summed E-state index contributed by atoms with van der Waals surface area (Å²) in [6, 6.07) is 0. The molecule has 0 aliphatic carbocycles. The van der Waals surface area contributed by atoms with Crippen LogP contribution >= 0.6 is 0 Å². The first-order chi connectivity index (χ1) is 13.2. The van der Waals surface area contributed by atoms with Gasteiger partial charge in [0.2, 0.25) is 0 Å². The summed E-state index contributed by atoms with van der Waals surface area (Å²) in [6.07, 6.45) is 11.3. The number of aryl methyl sites for hydroxylation is 1. The van der Waals surface area contributed by atoms with Gasteiger partial charge < -0.3 is 19.7 Å². The Kier molecular flexibility index (Phi) is 7.95. The second-order valence-electron chi connectivity index (χ2n) is 7.52. The number of piperidine rings is 1. The molecule has 2 saturated heterocycles. The van der Waals surface area contributed by atoms with Crippen LogP contribution in [-0.4, -0.2) is 72.2 Å². The van der Waals surface area contributed by atoms with Crippen LogP contribution < -0.4 is 5.32 Å². The van der Waals surface area contributed by atoms with Crippen LogP contribution in [0.15, 0.2) is 17.4 Å². The Morgan fingerprint density at radius 2 is 2.19 bits per heavy atom. The molecule has 0 saturated carbocycles. The summed E-state index contributed by atoms with van der Waals surface area (Å²) in [5, 5.41) is 7.66. The number of aliphatic imine (C=N–C) groups is 1. The number of hydrogen-bond acceptors (Lipinski definition) is 4. The summed E-state index contributed by atoms with van der Waals surface area (Å²) < 4.78 is 13.7. The second-order valence-corrected chi connectivity index (χ2v) is 7.52. The summed E-state index contributed by atoms with van der Waals surface area (Å²) in [5.74, 6) is 1.02. The lowest BCUT2D eigenvalue weighted by molar-refractivity contribution is -0.0721. The molecule has 2 fully saturated rings. The van der Waals surface area contributed by atoms with E-state index in [0.29, 0.717) is 12.2 Å². The van der Waals surface area contributed by atoms with Crippen LogP contribution in [0.1, 0.15) is 44.6 Å². The van der Waals surface area contributed by atoms with E-state index < -0.39 is 0 Å². The molecular formula is C20H35N5O2. The van der Waals surface area contributed by atoms with E-state index in [9.17, 15) is 0 Å². The molecule has 1 unspecified atom stereocenters. The van der Waals surface area contributed by atoms with Crippen molar-refractivity contribution >= 4 is 5.96 Å². The normalized spacial score (nSPS) is 22.2. The predicted octanol–water partition coefficient (Wildman–Crippen LogP) is 1.98. The number of rotatable bonds is 7. The van der Waals surface area contributed by atoms with Gasteiger partial charge in [-0.1, -0.05) is 0 Å². The molecule has 2 aliphatic rings. The van der Waals surface area contributed by atoms with Gasteiger partial charge in [0.25, 0.3) is 0 Å². The lowest BCUT2D eigenvalue weighted by Crippen LogP contribution is -2.47. The van der Waals surface area contributed by atoms with Gasteiger partial charge in [0.05, 0.1) is 25.0 Å². The molecule has 3 heterocycles. The molecule has 0 aromatic carbocycles. The zero-order valence-electron chi connectivity index (χ0n) is 16.9. The fourth-order valence-corrected chi connectivity index (χ4v) is 3.73. The number of aromatic nitrogens is 2. The summed E-state index contributed by atoms with van der Waals surface area (Å²) in [7, 11) is 1.95. The average molecular weight is 378 g/mol. The molecule has 7 heteroatoms. The van der Waals surface area contributed by atoms with Crippen molar-refractivity contribution in [3.63, 3.8) is 0 Å². The number of ether oxygens (including phenoxy) is 2. The number of nitrogens with one attached hydrogen (secondary N) is 1. The topological polar surface area (TPSA) is 63.9 Å². The Balaban J connectivity index is 1.41. The minimum atomic E-state index is 0.308. The lowest BCUT2D eigenvalue weighted by Gasteiger charge is -2.35. The van der Waals surface area contributed by atoms with Crippen LogP contribution in [-0.2, 0) is 22.9 Å². The molecule has 0 spiro atoms. The predicted molar refractivity (Wildman–Crippen MR) is 107 cm³/mol. The first-order valence-electron chi connectivity index (χ1n) is 10.5. The van der Waals surface area contributed by atoms with Gasteiger partial charge in [0.1, 0.15) is 0 Å². The Morgan fingerprint density at radius 3 is 2.85 bits per heavy atom. The van der Waals surface area contributed by atoms with E-state index in [1.54, 1.807) is 0 Å². The summed E-state index contributed by atoms with van der Waals surface area (Å²) >= 11 is 0. The molecule has 2 aliphatic heterocycles. The molecule has 1 aromatic heterocycles. The van der Waals surface area contributed by atoms with E-state index in [1.807, 2.05) is 17.9 Å². The Labute approximate surface area is 163 Å². The molecule has 0 radical (unpaired) electrons. The van der Waals surface area contributed by atoms with Crippen molar-refractivity contribution in [2.24, 2.45) is 12.0 Å². The number of nitrogens with zero attached hydrogens (tertiary/aromatic N) is 4. The molecule has 27 heavy (non-hydrogen) atoms. The Morgan fingerprint density at radius 1 is 1.33 bits per heavy atom. The Hall–Kier alpha value is -1.60. The second kappa shape index (κ2) is 10.7. The van der Waals surface area contributed by atoms with Gasteiger partial charge in [-0.15, -0.1) is 0 Å². The fraction of sp³-hybridized carbons (Fsp3) is 0.800. The van der Waals surface area contributed by atoms with Gasteiger partial charge in [0.15, 0.2) is 5.96 Å². The molecular weight excluding hydrogens is 342 g/mol. The van der Waals surface area contributed by atoms with Crippen LogP contribution in [0.3, 0.4) is 0 Å². The van der Waals surface area contributed by atoms with Crippen LogP contribution in [0.4, 0.5) is 0 Å². The van der Waals surface area contributed by atoms with Gasteiger partial charge in [0, 0.05) is 46.0 Å². The molecule has 0 amide bonds. The van der Waals surface area contributed by atoms with Crippen LogP contribution in [0.2, 0.25) is 0 Å². The number of hydrogen-bond donors (Lipinski definition) is 1. The zero-order chi connectivity index (χ0) is 18.9. The van der Waals surface area contributed by atoms with Crippen molar-refractivity contribution in [2.45, 2.75) is 57.7 Å². The van der Waals surface area contributed by atoms with E-state index in [-0.39, 0.29) is 0 Å². The highest BCUT2D eigenvalue weighted by molar-refractivity contribution is 5.80. The summed E-state index contributed by atoms with van der Waals surface area (Å²) in [4.78, 5) is 7.18. The van der Waals surface area contributed by atoms with E-state index in [1.165, 1.54) is 18.4 Å². The molecule has 1 N–H and O–H groups in total. The molecule has 0 bridgehead atoms. The maximum absolute atomic E-state index is 6.13. The van der Waals surface area contributed by atoms with E-state index in [2.05, 4.69) is 28.4 Å². The third-order valence-electron chi connectivity index (χ3n) is 5.29. The van der Waals surface area contributed by atoms with Crippen molar-refractivity contribution in [1.29, 1.82) is 0 Å². The van der Waals surface area contributed by atoms with Crippen molar-refractivity contribution in [3.05, 3.63) is 18.0 Å². The molecule has 7 nitrogen and oxygen atoms in total. The molecule has 1 atom stereocenters. The summed E-state index contributed by atoms with van der Waals surface area (Å²) in [5.41, 5.74) is 1.23. The number of guanidine groups is 1. The highest BCUT2D eigenvalue weighted by Crippen LogP contribution is 2.18. The largest absolute Gasteiger partial charge is 0.376 e. The quantitative estimate of drug-likeness (QED) is 0.581. The molecule has 152 valence electrons. The van der Waals surface area contributed by atoms with E-state index in [4.69, 9.17) is 14.5 Å². The van der Waals surface area contributed by atoms with Crippen molar-refractivity contribution in [2.75, 3.05) is 39.4 Å². The maximum Gasteiger partial charge on any atom is 0.193 e. The van der Waals surface area contributed by atoms with E-state index >= 15 is 0 Å². The van der Waals surface area contributed by atoms with Gasteiger partial charge in [-0.25, -0.2) is 0 Å². The first kappa shape index (κ1) is 20.1. The zero-order valence-corrected chi connectivity index (χ0v) is 16.9. The number of likely N-dealkylation sites (tertiary alicyclic amines) is 1. The maximum atomic E-state index is 6.13. The lowest BCUT2D eigenvalue weighted by atomic mass is 10.1. The smallest absolute Gasteiger partial charge is 0.193 e. The van der Waals surface area contributed by atoms with Crippen molar-refractivity contribution in [3.8, 4) is 0 Å². The highest BCUT2D eigenvalue weighted by atomic mass is 16.5. The van der Waals surface area contributed by atoms with Crippen LogP contribution in [0.25, 0.3) is 0 Å². The summed E-state index contributed by atoms with van der Waals surface area (Å²) in [6.45, 7) is 7.43. The average Bonchev–Trinajstić information content (AvgIpc) is 3.12. The monoisotopic (exact) mass is 377 g/mol. The third-order valence-corrected chi connectivity index (χ3v) is 5.29. The van der Waals surface area contributed by atoms with Gasteiger partial charge in [-0.3, -0.25) is 9.67 Å².